The molecule has 0 fully saturated rings. The normalized spacial score (nSPS) is 9.89. The van der Waals surface area contributed by atoms with E-state index in [1.165, 1.54) is 0 Å². The van der Waals surface area contributed by atoms with Gasteiger partial charge in [0, 0.05) is 6.54 Å². The minimum atomic E-state index is 0.743. The zero-order chi connectivity index (χ0) is 6.95. The Morgan fingerprint density at radius 3 is 3.00 bits per heavy atom. The van der Waals surface area contributed by atoms with Crippen LogP contribution in [0.4, 0.5) is 0 Å². The molecule has 0 aliphatic rings. The molecule has 0 aromatic heterocycles. The molecule has 0 aromatic carbocycles. The third-order valence-corrected chi connectivity index (χ3v) is 0.967. The Hall–Kier alpha value is -0.100. The summed E-state index contributed by atoms with van der Waals surface area (Å²) in [5, 5.41) is 0. The second-order valence-electron chi connectivity index (χ2n) is 1.25. The number of alkyl halides is 1. The maximum Gasteiger partial charge on any atom is 0.0975 e. The zero-order valence-corrected chi connectivity index (χ0v) is 7.26. The maximum absolute atomic E-state index is 3.90. The smallest absolute Gasteiger partial charge is 0.0975 e. The lowest BCUT2D eigenvalue weighted by Gasteiger charge is -1.96. The SMILES string of the molecule is C=CCNNC=NCI. The van der Waals surface area contributed by atoms with E-state index in [-0.39, 0.29) is 0 Å². The van der Waals surface area contributed by atoms with Crippen LogP contribution in [0.15, 0.2) is 17.6 Å². The van der Waals surface area contributed by atoms with Crippen molar-refractivity contribution < 1.29 is 0 Å². The van der Waals surface area contributed by atoms with Gasteiger partial charge >= 0.3 is 0 Å². The molecule has 52 valence electrons. The van der Waals surface area contributed by atoms with E-state index >= 15 is 0 Å². The van der Waals surface area contributed by atoms with Gasteiger partial charge in [0.25, 0.3) is 0 Å². The summed E-state index contributed by atoms with van der Waals surface area (Å²) in [4.78, 5) is 3.90. The number of hydrazine groups is 1. The summed E-state index contributed by atoms with van der Waals surface area (Å²) in [5.41, 5.74) is 5.62. The van der Waals surface area contributed by atoms with Crippen LogP contribution in [0.3, 0.4) is 0 Å². The molecule has 0 rings (SSSR count). The molecule has 0 aliphatic carbocycles. The summed E-state index contributed by atoms with van der Waals surface area (Å²) >= 11 is 2.16. The lowest BCUT2D eigenvalue weighted by Crippen LogP contribution is -2.30. The highest BCUT2D eigenvalue weighted by Crippen LogP contribution is 1.76. The fourth-order valence-corrected chi connectivity index (χ4v) is 0.454. The molecule has 0 aromatic rings. The maximum atomic E-state index is 3.90. The van der Waals surface area contributed by atoms with Crippen LogP contribution in [0.2, 0.25) is 0 Å². The third kappa shape index (κ3) is 7.90. The van der Waals surface area contributed by atoms with E-state index in [9.17, 15) is 0 Å². The summed E-state index contributed by atoms with van der Waals surface area (Å²) < 4.78 is 0.778. The molecule has 0 radical (unpaired) electrons. The van der Waals surface area contributed by atoms with Crippen LogP contribution < -0.4 is 10.9 Å². The Bertz CT molecular complexity index is 92.2. The molecule has 0 bridgehead atoms. The highest BCUT2D eigenvalue weighted by atomic mass is 127. The fourth-order valence-electron chi connectivity index (χ4n) is 0.257. The van der Waals surface area contributed by atoms with Crippen molar-refractivity contribution in [1.29, 1.82) is 0 Å². The summed E-state index contributed by atoms with van der Waals surface area (Å²) in [6, 6.07) is 0. The Kier molecular flexibility index (Phi) is 7.81. The van der Waals surface area contributed by atoms with E-state index in [0.717, 1.165) is 11.1 Å². The zero-order valence-electron chi connectivity index (χ0n) is 5.10. The number of hydrogen-bond donors (Lipinski definition) is 2. The van der Waals surface area contributed by atoms with Crippen LogP contribution in [-0.4, -0.2) is 17.4 Å². The van der Waals surface area contributed by atoms with Gasteiger partial charge in [-0.3, -0.25) is 4.99 Å². The predicted molar refractivity (Wildman–Crippen MR) is 48.7 cm³/mol. The standard InChI is InChI=1S/C5H10IN3/c1-2-3-8-9-5-7-4-6/h2,5,8H,1,3-4H2,(H,7,9). The number of rotatable bonds is 5. The van der Waals surface area contributed by atoms with Gasteiger partial charge in [-0.1, -0.05) is 28.7 Å². The minimum absolute atomic E-state index is 0.743. The summed E-state index contributed by atoms with van der Waals surface area (Å²) in [6.45, 7) is 4.27. The molecule has 0 spiro atoms. The Morgan fingerprint density at radius 1 is 1.67 bits per heavy atom. The molecule has 0 saturated heterocycles. The van der Waals surface area contributed by atoms with E-state index < -0.39 is 0 Å². The molecule has 3 nitrogen and oxygen atoms in total. The lowest BCUT2D eigenvalue weighted by atomic mass is 10.7. The van der Waals surface area contributed by atoms with Gasteiger partial charge in [0.05, 0.1) is 10.9 Å². The molecule has 0 heterocycles. The molecule has 0 amide bonds. The quantitative estimate of drug-likeness (QED) is 0.108. The first-order valence-electron chi connectivity index (χ1n) is 2.55. The van der Waals surface area contributed by atoms with E-state index in [1.54, 1.807) is 12.4 Å². The molecule has 2 N–H and O–H groups in total. The number of halogens is 1. The van der Waals surface area contributed by atoms with Gasteiger partial charge in [-0.15, -0.1) is 6.58 Å². The Morgan fingerprint density at radius 2 is 2.44 bits per heavy atom. The fraction of sp³-hybridized carbons (Fsp3) is 0.400. The molecule has 0 saturated carbocycles. The minimum Gasteiger partial charge on any atom is -0.312 e. The number of nitrogens with zero attached hydrogens (tertiary/aromatic N) is 1. The Labute approximate surface area is 68.7 Å². The second-order valence-corrected chi connectivity index (χ2v) is 1.93. The monoisotopic (exact) mass is 239 g/mol. The van der Waals surface area contributed by atoms with Crippen molar-refractivity contribution in [2.75, 3.05) is 11.1 Å². The number of aliphatic imine (C=N–C) groups is 1. The van der Waals surface area contributed by atoms with Crippen LogP contribution in [-0.2, 0) is 0 Å². The van der Waals surface area contributed by atoms with Crippen molar-refractivity contribution in [2.45, 2.75) is 0 Å². The van der Waals surface area contributed by atoms with Crippen molar-refractivity contribution in [1.82, 2.24) is 10.9 Å². The van der Waals surface area contributed by atoms with Crippen molar-refractivity contribution in [2.24, 2.45) is 4.99 Å². The topological polar surface area (TPSA) is 36.4 Å². The average Bonchev–Trinajstić information content (AvgIpc) is 1.89. The predicted octanol–water partition coefficient (Wildman–Crippen LogP) is 0.687. The van der Waals surface area contributed by atoms with Crippen molar-refractivity contribution in [3.63, 3.8) is 0 Å². The van der Waals surface area contributed by atoms with Gasteiger partial charge in [0.2, 0.25) is 0 Å². The first-order valence-corrected chi connectivity index (χ1v) is 4.08. The second kappa shape index (κ2) is 7.90. The van der Waals surface area contributed by atoms with Crippen LogP contribution in [0.25, 0.3) is 0 Å². The van der Waals surface area contributed by atoms with Crippen molar-refractivity contribution in [3.05, 3.63) is 12.7 Å². The highest BCUT2D eigenvalue weighted by molar-refractivity contribution is 14.1. The molecule has 0 atom stereocenters. The van der Waals surface area contributed by atoms with Crippen LogP contribution in [0, 0.1) is 0 Å². The average molecular weight is 239 g/mol. The first-order chi connectivity index (χ1) is 4.41. The van der Waals surface area contributed by atoms with Crippen LogP contribution in [0.1, 0.15) is 0 Å². The highest BCUT2D eigenvalue weighted by Gasteiger charge is 1.70. The van der Waals surface area contributed by atoms with Gasteiger partial charge < -0.3 is 5.43 Å². The molecule has 0 unspecified atom stereocenters. The largest absolute Gasteiger partial charge is 0.312 e. The van der Waals surface area contributed by atoms with Gasteiger partial charge in [-0.05, 0) is 0 Å². The van der Waals surface area contributed by atoms with Crippen LogP contribution >= 0.6 is 22.6 Å². The van der Waals surface area contributed by atoms with Crippen LogP contribution in [0.5, 0.6) is 0 Å². The summed E-state index contributed by atoms with van der Waals surface area (Å²) in [6.07, 6.45) is 3.39. The van der Waals surface area contributed by atoms with Gasteiger partial charge in [-0.2, -0.15) is 0 Å². The van der Waals surface area contributed by atoms with Crippen molar-refractivity contribution in [3.8, 4) is 0 Å². The Balaban J connectivity index is 2.90. The molecule has 9 heavy (non-hydrogen) atoms. The lowest BCUT2D eigenvalue weighted by molar-refractivity contribution is 0.725. The van der Waals surface area contributed by atoms with E-state index in [0.29, 0.717) is 0 Å². The summed E-state index contributed by atoms with van der Waals surface area (Å²) in [7, 11) is 0. The third-order valence-electron chi connectivity index (χ3n) is 0.573. The first kappa shape index (κ1) is 8.90. The molecule has 4 heteroatoms. The van der Waals surface area contributed by atoms with E-state index in [1.807, 2.05) is 0 Å². The van der Waals surface area contributed by atoms with Gasteiger partial charge in [-0.25, -0.2) is 5.43 Å². The molecule has 0 aliphatic heterocycles. The van der Waals surface area contributed by atoms with Crippen molar-refractivity contribution >= 4 is 28.9 Å². The molecular formula is C5H10IN3. The number of hydrogen-bond acceptors (Lipinski definition) is 2. The van der Waals surface area contributed by atoms with Gasteiger partial charge in [0.15, 0.2) is 0 Å². The number of nitrogens with one attached hydrogen (secondary N) is 2. The van der Waals surface area contributed by atoms with Gasteiger partial charge in [0.1, 0.15) is 0 Å². The summed E-state index contributed by atoms with van der Waals surface area (Å²) in [5.74, 6) is 0. The molecular weight excluding hydrogens is 229 g/mol. The van der Waals surface area contributed by atoms with E-state index in [2.05, 4.69) is 45.0 Å². The van der Waals surface area contributed by atoms with E-state index in [4.69, 9.17) is 0 Å².